The van der Waals surface area contributed by atoms with Gasteiger partial charge in [-0.25, -0.2) is 8.42 Å². The van der Waals surface area contributed by atoms with E-state index in [0.717, 1.165) is 18.4 Å². The normalized spacial score (nSPS) is 17.0. The topological polar surface area (TPSA) is 66.5 Å². The summed E-state index contributed by atoms with van der Waals surface area (Å²) in [6.07, 6.45) is 2.41. The summed E-state index contributed by atoms with van der Waals surface area (Å²) in [5, 5.41) is 3.08. The number of rotatable bonds is 6. The summed E-state index contributed by atoms with van der Waals surface area (Å²) in [6.45, 7) is 2.55. The van der Waals surface area contributed by atoms with Gasteiger partial charge in [0.15, 0.2) is 0 Å². The van der Waals surface area contributed by atoms with Crippen LogP contribution in [0.4, 0.5) is 5.69 Å². The van der Waals surface area contributed by atoms with E-state index in [4.69, 9.17) is 0 Å². The van der Waals surface area contributed by atoms with Gasteiger partial charge in [-0.1, -0.05) is 49.7 Å². The van der Waals surface area contributed by atoms with Gasteiger partial charge in [-0.2, -0.15) is 0 Å². The third-order valence-corrected chi connectivity index (χ3v) is 6.45. The molecule has 2 aromatic rings. The lowest BCUT2D eigenvalue weighted by molar-refractivity contribution is 0.0934. The van der Waals surface area contributed by atoms with E-state index in [1.165, 1.54) is 4.31 Å². The van der Waals surface area contributed by atoms with Crippen LogP contribution >= 0.6 is 0 Å². The van der Waals surface area contributed by atoms with Gasteiger partial charge in [-0.3, -0.25) is 9.10 Å². The third kappa shape index (κ3) is 4.07. The number of carbonyl (C=O) groups excluding carboxylic acids is 1. The lowest BCUT2D eigenvalue weighted by Gasteiger charge is -2.20. The molecule has 0 aromatic heterocycles. The molecule has 1 N–H and O–H groups in total. The van der Waals surface area contributed by atoms with Gasteiger partial charge in [0.25, 0.3) is 5.91 Å². The lowest BCUT2D eigenvalue weighted by Crippen LogP contribution is -2.29. The molecule has 1 atom stereocenters. The summed E-state index contributed by atoms with van der Waals surface area (Å²) in [5.74, 6) is -0.0264. The van der Waals surface area contributed by atoms with Crippen LogP contribution in [0.3, 0.4) is 0 Å². The minimum atomic E-state index is -3.26. The first-order valence-corrected chi connectivity index (χ1v) is 10.6. The van der Waals surface area contributed by atoms with Crippen molar-refractivity contribution in [2.75, 3.05) is 16.6 Å². The molecular weight excluding hydrogens is 348 g/mol. The molecular formula is C20H24N2O3S. The van der Waals surface area contributed by atoms with Gasteiger partial charge in [-0.15, -0.1) is 0 Å². The van der Waals surface area contributed by atoms with Crippen LogP contribution in [0.5, 0.6) is 0 Å². The summed E-state index contributed by atoms with van der Waals surface area (Å²) in [7, 11) is -3.26. The number of hydrogen-bond donors (Lipinski definition) is 1. The molecule has 3 rings (SSSR count). The van der Waals surface area contributed by atoms with E-state index in [-0.39, 0.29) is 17.7 Å². The average Bonchev–Trinajstić information content (AvgIpc) is 3.01. The van der Waals surface area contributed by atoms with Gasteiger partial charge < -0.3 is 5.32 Å². The van der Waals surface area contributed by atoms with Crippen molar-refractivity contribution in [1.82, 2.24) is 5.32 Å². The fourth-order valence-electron chi connectivity index (χ4n) is 3.27. The molecule has 1 heterocycles. The molecule has 1 saturated heterocycles. The molecule has 0 spiro atoms. The molecule has 6 heteroatoms. The third-order valence-electron chi connectivity index (χ3n) is 4.58. The van der Waals surface area contributed by atoms with Crippen LogP contribution in [0.25, 0.3) is 0 Å². The number of anilines is 1. The molecule has 0 radical (unpaired) electrons. The highest BCUT2D eigenvalue weighted by molar-refractivity contribution is 7.93. The zero-order valence-electron chi connectivity index (χ0n) is 14.9. The van der Waals surface area contributed by atoms with Crippen LogP contribution in [-0.2, 0) is 10.0 Å². The number of amides is 1. The maximum atomic E-state index is 12.8. The largest absolute Gasteiger partial charge is 0.345 e. The molecule has 1 unspecified atom stereocenters. The molecule has 0 aliphatic carbocycles. The van der Waals surface area contributed by atoms with E-state index in [9.17, 15) is 13.2 Å². The van der Waals surface area contributed by atoms with Crippen LogP contribution < -0.4 is 9.62 Å². The number of nitrogens with one attached hydrogen (secondary N) is 1. The standard InChI is InChI=1S/C20H24N2O3S/c1-2-8-19(16-9-4-3-5-10-16)21-20(23)17-11-6-12-18(15-17)22-13-7-14-26(22,24)25/h3-6,9-12,15,19H,2,7-8,13-14H2,1H3,(H,21,23). The van der Waals surface area contributed by atoms with Crippen LogP contribution in [0.15, 0.2) is 54.6 Å². The molecule has 2 aromatic carbocycles. The predicted octanol–water partition coefficient (Wildman–Crippen LogP) is 3.50. The summed E-state index contributed by atoms with van der Waals surface area (Å²) in [6, 6.07) is 16.7. The quantitative estimate of drug-likeness (QED) is 0.844. The van der Waals surface area contributed by atoms with Gasteiger partial charge >= 0.3 is 0 Å². The Labute approximate surface area is 155 Å². The summed E-state index contributed by atoms with van der Waals surface area (Å²) >= 11 is 0. The fraction of sp³-hybridized carbons (Fsp3) is 0.350. The molecule has 1 aliphatic rings. The molecule has 0 saturated carbocycles. The molecule has 0 bridgehead atoms. The van der Waals surface area contributed by atoms with Gasteiger partial charge in [-0.05, 0) is 36.6 Å². The molecule has 138 valence electrons. The monoisotopic (exact) mass is 372 g/mol. The zero-order valence-corrected chi connectivity index (χ0v) is 15.7. The number of hydrogen-bond acceptors (Lipinski definition) is 3. The maximum absolute atomic E-state index is 12.8. The highest BCUT2D eigenvalue weighted by Gasteiger charge is 2.28. The van der Waals surface area contributed by atoms with Crippen LogP contribution in [0.1, 0.15) is 48.1 Å². The van der Waals surface area contributed by atoms with E-state index in [0.29, 0.717) is 24.2 Å². The van der Waals surface area contributed by atoms with E-state index < -0.39 is 10.0 Å². The Hall–Kier alpha value is -2.34. The Balaban J connectivity index is 1.80. The average molecular weight is 372 g/mol. The summed E-state index contributed by atoms with van der Waals surface area (Å²) < 4.78 is 25.6. The highest BCUT2D eigenvalue weighted by atomic mass is 32.2. The van der Waals surface area contributed by atoms with Gasteiger partial charge in [0.05, 0.1) is 17.5 Å². The number of nitrogens with zero attached hydrogens (tertiary/aromatic N) is 1. The highest BCUT2D eigenvalue weighted by Crippen LogP contribution is 2.25. The number of sulfonamides is 1. The maximum Gasteiger partial charge on any atom is 0.251 e. The van der Waals surface area contributed by atoms with E-state index in [1.807, 2.05) is 30.3 Å². The Morgan fingerprint density at radius 3 is 2.58 bits per heavy atom. The molecule has 1 aliphatic heterocycles. The molecule has 1 amide bonds. The van der Waals surface area contributed by atoms with Crippen molar-refractivity contribution in [3.63, 3.8) is 0 Å². The van der Waals surface area contributed by atoms with Gasteiger partial charge in [0.2, 0.25) is 10.0 Å². The summed E-state index contributed by atoms with van der Waals surface area (Å²) in [4.78, 5) is 12.8. The molecule has 5 nitrogen and oxygen atoms in total. The van der Waals surface area contributed by atoms with Gasteiger partial charge in [0.1, 0.15) is 0 Å². The second-order valence-electron chi connectivity index (χ2n) is 6.52. The first-order chi connectivity index (χ1) is 12.5. The van der Waals surface area contributed by atoms with Crippen molar-refractivity contribution >= 4 is 21.6 Å². The van der Waals surface area contributed by atoms with Crippen molar-refractivity contribution < 1.29 is 13.2 Å². The van der Waals surface area contributed by atoms with Crippen LogP contribution in [-0.4, -0.2) is 26.6 Å². The first kappa shape index (κ1) is 18.5. The van der Waals surface area contributed by atoms with E-state index >= 15 is 0 Å². The Bertz CT molecular complexity index is 866. The van der Waals surface area contributed by atoms with Crippen LogP contribution in [0, 0.1) is 0 Å². The molecule has 1 fully saturated rings. The Kier molecular flexibility index (Phi) is 5.61. The second-order valence-corrected chi connectivity index (χ2v) is 8.53. The van der Waals surface area contributed by atoms with Crippen molar-refractivity contribution in [2.45, 2.75) is 32.2 Å². The number of benzene rings is 2. The second kappa shape index (κ2) is 7.91. The minimum Gasteiger partial charge on any atom is -0.345 e. The minimum absolute atomic E-state index is 0.0622. The predicted molar refractivity (Wildman–Crippen MR) is 104 cm³/mol. The fourth-order valence-corrected chi connectivity index (χ4v) is 4.83. The Morgan fingerprint density at radius 1 is 1.15 bits per heavy atom. The SMILES string of the molecule is CCCC(NC(=O)c1cccc(N2CCCS2(=O)=O)c1)c1ccccc1. The van der Waals surface area contributed by atoms with Crippen molar-refractivity contribution in [1.29, 1.82) is 0 Å². The van der Waals surface area contributed by atoms with Crippen molar-refractivity contribution in [3.8, 4) is 0 Å². The summed E-state index contributed by atoms with van der Waals surface area (Å²) in [5.41, 5.74) is 2.10. The van der Waals surface area contributed by atoms with E-state index in [2.05, 4.69) is 12.2 Å². The van der Waals surface area contributed by atoms with E-state index in [1.54, 1.807) is 24.3 Å². The lowest BCUT2D eigenvalue weighted by atomic mass is 10.0. The van der Waals surface area contributed by atoms with Crippen LogP contribution in [0.2, 0.25) is 0 Å². The zero-order chi connectivity index (χ0) is 18.6. The van der Waals surface area contributed by atoms with Crippen molar-refractivity contribution in [2.24, 2.45) is 0 Å². The van der Waals surface area contributed by atoms with Gasteiger partial charge in [0, 0.05) is 12.1 Å². The molecule has 26 heavy (non-hydrogen) atoms. The number of carbonyl (C=O) groups is 1. The smallest absolute Gasteiger partial charge is 0.251 e. The first-order valence-electron chi connectivity index (χ1n) is 8.97. The van der Waals surface area contributed by atoms with Crippen molar-refractivity contribution in [3.05, 3.63) is 65.7 Å². The Morgan fingerprint density at radius 2 is 1.92 bits per heavy atom.